The van der Waals surface area contributed by atoms with E-state index in [0.717, 1.165) is 0 Å². The van der Waals surface area contributed by atoms with Crippen LogP contribution in [-0.2, 0) is 9.59 Å². The van der Waals surface area contributed by atoms with E-state index in [-0.39, 0.29) is 30.5 Å². The van der Waals surface area contributed by atoms with Crippen molar-refractivity contribution in [2.45, 2.75) is 6.42 Å². The van der Waals surface area contributed by atoms with Crippen molar-refractivity contribution in [3.8, 4) is 0 Å². The third-order valence-corrected chi connectivity index (χ3v) is 4.21. The number of rotatable bonds is 4. The van der Waals surface area contributed by atoms with E-state index in [4.69, 9.17) is 11.6 Å². The van der Waals surface area contributed by atoms with Gasteiger partial charge in [-0.3, -0.25) is 19.7 Å². The van der Waals surface area contributed by atoms with Gasteiger partial charge in [0, 0.05) is 41.5 Å². The lowest BCUT2D eigenvalue weighted by molar-refractivity contribution is -0.384. The molecule has 0 bridgehead atoms. The lowest BCUT2D eigenvalue weighted by Gasteiger charge is -2.16. The van der Waals surface area contributed by atoms with Crippen LogP contribution < -0.4 is 10.2 Å². The molecule has 0 unspecified atom stereocenters. The Morgan fingerprint density at radius 3 is 2.64 bits per heavy atom. The SMILES string of the molecule is O=C(Nc1cccc([N+](=O)[O-])c1)[C@H]1CC(=O)N(c2ccc(Cl)cc2)C1. The molecule has 1 N–H and O–H groups in total. The van der Waals surface area contributed by atoms with Gasteiger partial charge < -0.3 is 10.2 Å². The molecular weight excluding hydrogens is 346 g/mol. The Labute approximate surface area is 148 Å². The van der Waals surface area contributed by atoms with E-state index in [1.165, 1.54) is 23.1 Å². The van der Waals surface area contributed by atoms with Crippen LogP contribution in [0, 0.1) is 16.0 Å². The van der Waals surface area contributed by atoms with E-state index in [1.807, 2.05) is 0 Å². The quantitative estimate of drug-likeness (QED) is 0.670. The standard InChI is InChI=1S/C17H14ClN3O4/c18-12-4-6-14(7-5-12)20-10-11(8-16(20)22)17(23)19-13-2-1-3-15(9-13)21(24)25/h1-7,9,11H,8,10H2,(H,19,23)/t11-/m0/s1. The molecule has 8 heteroatoms. The molecule has 1 aliphatic heterocycles. The number of anilines is 2. The predicted octanol–water partition coefficient (Wildman–Crippen LogP) is 3.24. The molecule has 0 radical (unpaired) electrons. The molecule has 0 aromatic heterocycles. The lowest BCUT2D eigenvalue weighted by atomic mass is 10.1. The summed E-state index contributed by atoms with van der Waals surface area (Å²) in [5, 5.41) is 14.0. The van der Waals surface area contributed by atoms with Gasteiger partial charge in [-0.1, -0.05) is 17.7 Å². The average molecular weight is 360 g/mol. The summed E-state index contributed by atoms with van der Waals surface area (Å²) in [5.41, 5.74) is 0.903. The predicted molar refractivity (Wildman–Crippen MR) is 93.6 cm³/mol. The van der Waals surface area contributed by atoms with Crippen LogP contribution in [0.3, 0.4) is 0 Å². The molecule has 1 heterocycles. The van der Waals surface area contributed by atoms with Crippen molar-refractivity contribution in [1.82, 2.24) is 0 Å². The van der Waals surface area contributed by atoms with Gasteiger partial charge in [0.05, 0.1) is 10.8 Å². The highest BCUT2D eigenvalue weighted by molar-refractivity contribution is 6.30. The first-order chi connectivity index (χ1) is 11.9. The Hall–Kier alpha value is -2.93. The maximum absolute atomic E-state index is 12.4. The summed E-state index contributed by atoms with van der Waals surface area (Å²) in [5.74, 6) is -1.02. The second kappa shape index (κ2) is 6.90. The molecule has 1 fully saturated rings. The summed E-state index contributed by atoms with van der Waals surface area (Å²) in [7, 11) is 0. The summed E-state index contributed by atoms with van der Waals surface area (Å²) < 4.78 is 0. The van der Waals surface area contributed by atoms with E-state index < -0.39 is 10.8 Å². The van der Waals surface area contributed by atoms with Gasteiger partial charge in [-0.05, 0) is 30.3 Å². The van der Waals surface area contributed by atoms with Crippen molar-refractivity contribution in [2.75, 3.05) is 16.8 Å². The van der Waals surface area contributed by atoms with Gasteiger partial charge in [0.15, 0.2) is 0 Å². The normalized spacial score (nSPS) is 16.8. The summed E-state index contributed by atoms with van der Waals surface area (Å²) in [6.45, 7) is 0.251. The summed E-state index contributed by atoms with van der Waals surface area (Å²) in [6, 6.07) is 12.5. The van der Waals surface area contributed by atoms with Crippen LogP contribution in [0.5, 0.6) is 0 Å². The number of amides is 2. The fraction of sp³-hybridized carbons (Fsp3) is 0.176. The van der Waals surface area contributed by atoms with Gasteiger partial charge in [-0.25, -0.2) is 0 Å². The van der Waals surface area contributed by atoms with Gasteiger partial charge in [0.2, 0.25) is 11.8 Å². The molecule has 2 amide bonds. The molecule has 3 rings (SSSR count). The molecule has 128 valence electrons. The van der Waals surface area contributed by atoms with E-state index in [0.29, 0.717) is 16.4 Å². The Kier molecular flexibility index (Phi) is 4.67. The highest BCUT2D eigenvalue weighted by atomic mass is 35.5. The van der Waals surface area contributed by atoms with Crippen LogP contribution >= 0.6 is 11.6 Å². The van der Waals surface area contributed by atoms with Crippen molar-refractivity contribution >= 4 is 40.5 Å². The van der Waals surface area contributed by atoms with Gasteiger partial charge in [0.25, 0.3) is 5.69 Å². The number of non-ortho nitro benzene ring substituents is 1. The van der Waals surface area contributed by atoms with Crippen LogP contribution in [0.1, 0.15) is 6.42 Å². The van der Waals surface area contributed by atoms with Crippen molar-refractivity contribution in [2.24, 2.45) is 5.92 Å². The number of hydrogen-bond acceptors (Lipinski definition) is 4. The van der Waals surface area contributed by atoms with E-state index in [2.05, 4.69) is 5.32 Å². The highest BCUT2D eigenvalue weighted by Crippen LogP contribution is 2.27. The van der Waals surface area contributed by atoms with Crippen LogP contribution in [0.2, 0.25) is 5.02 Å². The van der Waals surface area contributed by atoms with Gasteiger partial charge in [0.1, 0.15) is 0 Å². The largest absolute Gasteiger partial charge is 0.326 e. The number of nitrogens with one attached hydrogen (secondary N) is 1. The van der Waals surface area contributed by atoms with Gasteiger partial charge >= 0.3 is 0 Å². The molecule has 25 heavy (non-hydrogen) atoms. The van der Waals surface area contributed by atoms with Gasteiger partial charge in [-0.15, -0.1) is 0 Å². The third kappa shape index (κ3) is 3.77. The number of halogens is 1. The number of hydrogen-bond donors (Lipinski definition) is 1. The minimum absolute atomic E-state index is 0.0867. The molecule has 0 aliphatic carbocycles. The maximum atomic E-state index is 12.4. The zero-order valence-corrected chi connectivity index (χ0v) is 13.8. The molecule has 2 aromatic rings. The molecule has 1 aliphatic rings. The molecular formula is C17H14ClN3O4. The lowest BCUT2D eigenvalue weighted by Crippen LogP contribution is -2.28. The second-order valence-corrected chi connectivity index (χ2v) is 6.11. The molecule has 0 spiro atoms. The first-order valence-electron chi connectivity index (χ1n) is 7.55. The molecule has 2 aromatic carbocycles. The topological polar surface area (TPSA) is 92.5 Å². The zero-order valence-electron chi connectivity index (χ0n) is 13.0. The Morgan fingerprint density at radius 2 is 1.96 bits per heavy atom. The van der Waals surface area contributed by atoms with Crippen molar-refractivity contribution in [1.29, 1.82) is 0 Å². The van der Waals surface area contributed by atoms with Crippen molar-refractivity contribution in [3.05, 3.63) is 63.7 Å². The minimum atomic E-state index is -0.531. The minimum Gasteiger partial charge on any atom is -0.326 e. The number of nitrogens with zero attached hydrogens (tertiary/aromatic N) is 2. The molecule has 1 saturated heterocycles. The fourth-order valence-electron chi connectivity index (χ4n) is 2.70. The number of nitro groups is 1. The van der Waals surface area contributed by atoms with Crippen LogP contribution in [0.25, 0.3) is 0 Å². The van der Waals surface area contributed by atoms with E-state index in [9.17, 15) is 19.7 Å². The average Bonchev–Trinajstić information content (AvgIpc) is 2.98. The van der Waals surface area contributed by atoms with Gasteiger partial charge in [-0.2, -0.15) is 0 Å². The second-order valence-electron chi connectivity index (χ2n) is 5.68. The van der Waals surface area contributed by atoms with Crippen LogP contribution in [0.15, 0.2) is 48.5 Å². The van der Waals surface area contributed by atoms with Crippen LogP contribution in [0.4, 0.5) is 17.1 Å². The monoisotopic (exact) mass is 359 g/mol. The Morgan fingerprint density at radius 1 is 1.24 bits per heavy atom. The molecule has 7 nitrogen and oxygen atoms in total. The summed E-state index contributed by atoms with van der Waals surface area (Å²) >= 11 is 5.84. The first-order valence-corrected chi connectivity index (χ1v) is 7.93. The van der Waals surface area contributed by atoms with Crippen molar-refractivity contribution < 1.29 is 14.5 Å². The smallest absolute Gasteiger partial charge is 0.271 e. The number of benzene rings is 2. The summed E-state index contributed by atoms with van der Waals surface area (Å²) in [6.07, 6.45) is 0.0867. The number of nitro benzene ring substituents is 1. The van der Waals surface area contributed by atoms with E-state index in [1.54, 1.807) is 30.3 Å². The first kappa shape index (κ1) is 16.9. The Balaban J connectivity index is 1.69. The van der Waals surface area contributed by atoms with Crippen LogP contribution in [-0.4, -0.2) is 23.3 Å². The highest BCUT2D eigenvalue weighted by Gasteiger charge is 2.35. The maximum Gasteiger partial charge on any atom is 0.271 e. The Bertz CT molecular complexity index is 838. The van der Waals surface area contributed by atoms with E-state index >= 15 is 0 Å². The zero-order chi connectivity index (χ0) is 18.0. The van der Waals surface area contributed by atoms with Crippen molar-refractivity contribution in [3.63, 3.8) is 0 Å². The third-order valence-electron chi connectivity index (χ3n) is 3.96. The number of carbonyl (C=O) groups excluding carboxylic acids is 2. The fourth-order valence-corrected chi connectivity index (χ4v) is 2.82. The molecule has 0 saturated carbocycles. The summed E-state index contributed by atoms with van der Waals surface area (Å²) in [4.78, 5) is 36.4. The molecule has 1 atom stereocenters. The number of carbonyl (C=O) groups is 2.